The average Bonchev–Trinajstić information content (AvgIpc) is 2.29. The van der Waals surface area contributed by atoms with E-state index in [0.717, 1.165) is 0 Å². The first kappa shape index (κ1) is 13.2. The lowest BCUT2D eigenvalue weighted by atomic mass is 10.2. The van der Waals surface area contributed by atoms with Crippen molar-refractivity contribution in [1.29, 1.82) is 0 Å². The standard InChI is InChI=1S/C12H16N2O3/c1-4-17-12(9(2)3)13-10-5-7-11(8-6-10)14(15)16/h5-9H,4H2,1-3H3. The number of hydrogen-bond acceptors (Lipinski definition) is 4. The molecule has 0 radical (unpaired) electrons. The van der Waals surface area contributed by atoms with Crippen molar-refractivity contribution in [1.82, 2.24) is 0 Å². The van der Waals surface area contributed by atoms with Crippen LogP contribution >= 0.6 is 0 Å². The van der Waals surface area contributed by atoms with E-state index in [1.54, 1.807) is 12.1 Å². The smallest absolute Gasteiger partial charge is 0.269 e. The number of rotatable bonds is 4. The van der Waals surface area contributed by atoms with E-state index in [9.17, 15) is 10.1 Å². The Kier molecular flexibility index (Phi) is 4.63. The van der Waals surface area contributed by atoms with E-state index in [1.165, 1.54) is 12.1 Å². The van der Waals surface area contributed by atoms with Crippen molar-refractivity contribution in [2.75, 3.05) is 6.61 Å². The van der Waals surface area contributed by atoms with Crippen LogP contribution in [-0.2, 0) is 4.74 Å². The van der Waals surface area contributed by atoms with Gasteiger partial charge in [0.15, 0.2) is 5.90 Å². The highest BCUT2D eigenvalue weighted by molar-refractivity contribution is 5.81. The molecule has 92 valence electrons. The SMILES string of the molecule is CCOC(=Nc1ccc([N+](=O)[O-])cc1)C(C)C. The summed E-state index contributed by atoms with van der Waals surface area (Å²) in [5.74, 6) is 0.825. The predicted molar refractivity (Wildman–Crippen MR) is 66.7 cm³/mol. The molecule has 0 aliphatic rings. The molecule has 0 aliphatic heterocycles. The molecule has 1 aromatic carbocycles. The highest BCUT2D eigenvalue weighted by Gasteiger charge is 2.07. The van der Waals surface area contributed by atoms with E-state index in [0.29, 0.717) is 18.2 Å². The molecule has 1 rings (SSSR count). The maximum absolute atomic E-state index is 10.5. The van der Waals surface area contributed by atoms with Crippen molar-refractivity contribution in [3.63, 3.8) is 0 Å². The van der Waals surface area contributed by atoms with Gasteiger partial charge in [0.05, 0.1) is 17.2 Å². The molecular weight excluding hydrogens is 220 g/mol. The van der Waals surface area contributed by atoms with Gasteiger partial charge in [-0.15, -0.1) is 0 Å². The Bertz CT molecular complexity index is 410. The van der Waals surface area contributed by atoms with E-state index in [2.05, 4.69) is 4.99 Å². The molecule has 0 bridgehead atoms. The summed E-state index contributed by atoms with van der Waals surface area (Å²) in [6, 6.07) is 6.09. The van der Waals surface area contributed by atoms with Gasteiger partial charge in [0.2, 0.25) is 0 Å². The Balaban J connectivity index is 2.92. The maximum atomic E-state index is 10.5. The van der Waals surface area contributed by atoms with Crippen LogP contribution in [0.2, 0.25) is 0 Å². The zero-order chi connectivity index (χ0) is 12.8. The third kappa shape index (κ3) is 3.86. The molecule has 0 spiro atoms. The Labute approximate surface area is 100 Å². The monoisotopic (exact) mass is 236 g/mol. The molecule has 17 heavy (non-hydrogen) atoms. The second-order valence-electron chi connectivity index (χ2n) is 3.81. The minimum atomic E-state index is -0.431. The molecule has 0 aromatic heterocycles. The minimum Gasteiger partial charge on any atom is -0.481 e. The number of nitro groups is 1. The summed E-state index contributed by atoms with van der Waals surface area (Å²) in [7, 11) is 0. The number of benzene rings is 1. The number of hydrogen-bond donors (Lipinski definition) is 0. The summed E-state index contributed by atoms with van der Waals surface area (Å²) in [5, 5.41) is 10.5. The second-order valence-corrected chi connectivity index (χ2v) is 3.81. The topological polar surface area (TPSA) is 64.7 Å². The van der Waals surface area contributed by atoms with E-state index < -0.39 is 4.92 Å². The van der Waals surface area contributed by atoms with E-state index in [1.807, 2.05) is 20.8 Å². The van der Waals surface area contributed by atoms with Crippen LogP contribution in [-0.4, -0.2) is 17.4 Å². The quantitative estimate of drug-likeness (QED) is 0.348. The van der Waals surface area contributed by atoms with Crippen molar-refractivity contribution in [3.05, 3.63) is 34.4 Å². The summed E-state index contributed by atoms with van der Waals surface area (Å²) in [4.78, 5) is 14.4. The number of nitrogens with zero attached hydrogens (tertiary/aromatic N) is 2. The van der Waals surface area contributed by atoms with Gasteiger partial charge in [0.1, 0.15) is 0 Å². The highest BCUT2D eigenvalue weighted by atomic mass is 16.6. The van der Waals surface area contributed by atoms with Crippen molar-refractivity contribution >= 4 is 17.3 Å². The fourth-order valence-electron chi connectivity index (χ4n) is 1.25. The summed E-state index contributed by atoms with van der Waals surface area (Å²) in [5.41, 5.74) is 0.721. The van der Waals surface area contributed by atoms with E-state index >= 15 is 0 Å². The summed E-state index contributed by atoms with van der Waals surface area (Å²) < 4.78 is 5.40. The minimum absolute atomic E-state index is 0.0615. The van der Waals surface area contributed by atoms with Gasteiger partial charge in [0.25, 0.3) is 5.69 Å². The number of aliphatic imine (C=N–C) groups is 1. The lowest BCUT2D eigenvalue weighted by Crippen LogP contribution is -2.11. The number of non-ortho nitro benzene ring substituents is 1. The first-order valence-electron chi connectivity index (χ1n) is 5.50. The molecule has 0 fully saturated rings. The highest BCUT2D eigenvalue weighted by Crippen LogP contribution is 2.19. The zero-order valence-electron chi connectivity index (χ0n) is 10.2. The van der Waals surface area contributed by atoms with Gasteiger partial charge in [-0.2, -0.15) is 0 Å². The fourth-order valence-corrected chi connectivity index (χ4v) is 1.25. The lowest BCUT2D eigenvalue weighted by Gasteiger charge is -2.10. The van der Waals surface area contributed by atoms with Gasteiger partial charge in [-0.05, 0) is 19.1 Å². The van der Waals surface area contributed by atoms with Gasteiger partial charge in [0, 0.05) is 18.1 Å². The van der Waals surface area contributed by atoms with Gasteiger partial charge >= 0.3 is 0 Å². The predicted octanol–water partition coefficient (Wildman–Crippen LogP) is 3.32. The molecule has 0 N–H and O–H groups in total. The number of nitro benzene ring substituents is 1. The molecular formula is C12H16N2O3. The maximum Gasteiger partial charge on any atom is 0.269 e. The fraction of sp³-hybridized carbons (Fsp3) is 0.417. The average molecular weight is 236 g/mol. The van der Waals surface area contributed by atoms with Crippen LogP contribution < -0.4 is 0 Å². The molecule has 5 nitrogen and oxygen atoms in total. The van der Waals surface area contributed by atoms with Crippen LogP contribution in [0.4, 0.5) is 11.4 Å². The number of ether oxygens (including phenoxy) is 1. The third-order valence-electron chi connectivity index (χ3n) is 2.09. The van der Waals surface area contributed by atoms with Crippen molar-refractivity contribution in [3.8, 4) is 0 Å². The first-order valence-corrected chi connectivity index (χ1v) is 5.50. The molecule has 1 aromatic rings. The van der Waals surface area contributed by atoms with E-state index in [-0.39, 0.29) is 11.6 Å². The molecule has 0 saturated heterocycles. The van der Waals surface area contributed by atoms with Gasteiger partial charge in [-0.1, -0.05) is 13.8 Å². The molecule has 5 heteroatoms. The molecule has 0 heterocycles. The van der Waals surface area contributed by atoms with Crippen molar-refractivity contribution in [2.45, 2.75) is 20.8 Å². The Morgan fingerprint density at radius 3 is 2.41 bits per heavy atom. The van der Waals surface area contributed by atoms with Crippen LogP contribution in [0.15, 0.2) is 29.3 Å². The van der Waals surface area contributed by atoms with Crippen LogP contribution in [0, 0.1) is 16.0 Å². The molecule has 0 unspecified atom stereocenters. The van der Waals surface area contributed by atoms with Crippen LogP contribution in [0.3, 0.4) is 0 Å². The van der Waals surface area contributed by atoms with Crippen LogP contribution in [0.5, 0.6) is 0 Å². The second kappa shape index (κ2) is 5.98. The lowest BCUT2D eigenvalue weighted by molar-refractivity contribution is -0.384. The van der Waals surface area contributed by atoms with Gasteiger partial charge < -0.3 is 4.74 Å². The molecule has 0 amide bonds. The van der Waals surface area contributed by atoms with Gasteiger partial charge in [-0.3, -0.25) is 10.1 Å². The Hall–Kier alpha value is -1.91. The molecule has 0 aliphatic carbocycles. The largest absolute Gasteiger partial charge is 0.481 e. The van der Waals surface area contributed by atoms with Crippen molar-refractivity contribution in [2.24, 2.45) is 10.9 Å². The third-order valence-corrected chi connectivity index (χ3v) is 2.09. The van der Waals surface area contributed by atoms with Crippen LogP contribution in [0.25, 0.3) is 0 Å². The van der Waals surface area contributed by atoms with Crippen molar-refractivity contribution < 1.29 is 9.66 Å². The molecule has 0 saturated carbocycles. The zero-order valence-corrected chi connectivity index (χ0v) is 10.2. The Morgan fingerprint density at radius 1 is 1.41 bits per heavy atom. The van der Waals surface area contributed by atoms with Crippen LogP contribution in [0.1, 0.15) is 20.8 Å². The van der Waals surface area contributed by atoms with Gasteiger partial charge in [-0.25, -0.2) is 4.99 Å². The van der Waals surface area contributed by atoms with E-state index in [4.69, 9.17) is 4.74 Å². The summed E-state index contributed by atoms with van der Waals surface area (Å²) in [6.45, 7) is 6.43. The first-order chi connectivity index (χ1) is 8.04. The Morgan fingerprint density at radius 2 is 2.00 bits per heavy atom. The molecule has 0 atom stereocenters. The summed E-state index contributed by atoms with van der Waals surface area (Å²) in [6.07, 6.45) is 0. The normalized spacial score (nSPS) is 11.6. The summed E-state index contributed by atoms with van der Waals surface area (Å²) >= 11 is 0.